The fourth-order valence-electron chi connectivity index (χ4n) is 4.30. The number of rotatable bonds is 5. The first-order valence-corrected chi connectivity index (χ1v) is 10.8. The van der Waals surface area contributed by atoms with Gasteiger partial charge in [0.1, 0.15) is 5.82 Å². The number of thiazole rings is 1. The van der Waals surface area contributed by atoms with Crippen molar-refractivity contribution in [1.29, 1.82) is 5.26 Å². The molecule has 9 heteroatoms. The first-order valence-electron chi connectivity index (χ1n) is 9.96. The summed E-state index contributed by atoms with van der Waals surface area (Å²) >= 11 is 1.31. The molecule has 5 rings (SSSR count). The van der Waals surface area contributed by atoms with Crippen LogP contribution in [0.2, 0.25) is 0 Å². The summed E-state index contributed by atoms with van der Waals surface area (Å²) in [6.07, 6.45) is 9.14. The quantitative estimate of drug-likeness (QED) is 0.594. The highest BCUT2D eigenvalue weighted by Gasteiger charge is 2.54. The van der Waals surface area contributed by atoms with Crippen LogP contribution in [0.5, 0.6) is 0 Å². The molecule has 7 nitrogen and oxygen atoms in total. The fraction of sp³-hybridized carbons (Fsp3) is 0.273. The van der Waals surface area contributed by atoms with Crippen LogP contribution < -0.4 is 10.6 Å². The van der Waals surface area contributed by atoms with Crippen molar-refractivity contribution in [3.05, 3.63) is 59.7 Å². The van der Waals surface area contributed by atoms with E-state index in [9.17, 15) is 14.4 Å². The maximum Gasteiger partial charge on any atom is 0.280 e. The number of amides is 1. The number of nitriles is 1. The summed E-state index contributed by atoms with van der Waals surface area (Å²) in [4.78, 5) is 24.0. The molecule has 3 heterocycles. The van der Waals surface area contributed by atoms with E-state index in [1.165, 1.54) is 23.5 Å². The van der Waals surface area contributed by atoms with Crippen LogP contribution in [0.1, 0.15) is 22.6 Å². The van der Waals surface area contributed by atoms with Crippen molar-refractivity contribution in [2.75, 3.05) is 18.4 Å². The molecule has 0 radical (unpaired) electrons. The Morgan fingerprint density at radius 3 is 2.87 bits per heavy atom. The van der Waals surface area contributed by atoms with Crippen molar-refractivity contribution >= 4 is 28.6 Å². The summed E-state index contributed by atoms with van der Waals surface area (Å²) in [5, 5.41) is 16.0. The van der Waals surface area contributed by atoms with Crippen LogP contribution in [0.25, 0.3) is 10.4 Å². The Kier molecular flexibility index (Phi) is 4.79. The zero-order chi connectivity index (χ0) is 21.4. The lowest BCUT2D eigenvalue weighted by molar-refractivity contribution is 0.0762. The Morgan fingerprint density at radius 2 is 2.13 bits per heavy atom. The monoisotopic (exact) mass is 434 g/mol. The van der Waals surface area contributed by atoms with Gasteiger partial charge in [-0.25, -0.2) is 9.37 Å². The van der Waals surface area contributed by atoms with Gasteiger partial charge in [-0.1, -0.05) is 0 Å². The number of pyridine rings is 1. The van der Waals surface area contributed by atoms with Crippen LogP contribution in [-0.2, 0) is 0 Å². The first-order chi connectivity index (χ1) is 15.1. The topological polar surface area (TPSA) is 93.9 Å². The minimum atomic E-state index is -0.315. The molecular weight excluding hydrogens is 415 g/mol. The lowest BCUT2D eigenvalue weighted by Crippen LogP contribution is -2.60. The van der Waals surface area contributed by atoms with Crippen molar-refractivity contribution in [1.82, 2.24) is 20.2 Å². The number of hydrogen-bond donors (Lipinski definition) is 2. The Labute approximate surface area is 182 Å². The third-order valence-electron chi connectivity index (χ3n) is 6.05. The maximum absolute atomic E-state index is 13.2. The molecule has 1 amide bonds. The van der Waals surface area contributed by atoms with Gasteiger partial charge in [0.05, 0.1) is 28.8 Å². The lowest BCUT2D eigenvalue weighted by Gasteiger charge is -2.44. The number of fused-ring (bicyclic) bond motifs is 1. The van der Waals surface area contributed by atoms with Gasteiger partial charge in [-0.2, -0.15) is 5.26 Å². The van der Waals surface area contributed by atoms with Gasteiger partial charge in [-0.05, 0) is 43.2 Å². The molecule has 31 heavy (non-hydrogen) atoms. The third kappa shape index (κ3) is 3.59. The van der Waals surface area contributed by atoms with Crippen LogP contribution >= 0.6 is 11.3 Å². The van der Waals surface area contributed by atoms with Gasteiger partial charge < -0.3 is 15.5 Å². The van der Waals surface area contributed by atoms with Gasteiger partial charge in [0, 0.05) is 36.1 Å². The standard InChI is InChI=1S/C22H19FN6OS/c23-15-1-3-16(4-2-15)27-18-9-25-8-6-17(18)19-10-26-21(31-19)20(30)28-22-7-5-14(22)11-29(12-22)13-24/h1-4,6,8-10,14,27H,5,7,11-12H2,(H,28,30)/t14?,22-/m0/s1. The average Bonchev–Trinajstić information content (AvgIpc) is 3.35. The zero-order valence-corrected chi connectivity index (χ0v) is 17.3. The van der Waals surface area contributed by atoms with E-state index in [-0.39, 0.29) is 17.3 Å². The molecule has 2 atom stereocenters. The fourth-order valence-corrected chi connectivity index (χ4v) is 5.15. The number of hydrogen-bond acceptors (Lipinski definition) is 7. The Balaban J connectivity index is 1.35. The largest absolute Gasteiger partial charge is 0.354 e. The van der Waals surface area contributed by atoms with E-state index < -0.39 is 0 Å². The number of aromatic nitrogens is 2. The van der Waals surface area contributed by atoms with Crippen molar-refractivity contribution in [2.24, 2.45) is 5.92 Å². The molecule has 3 aromatic rings. The van der Waals surface area contributed by atoms with E-state index in [2.05, 4.69) is 26.8 Å². The molecule has 1 saturated carbocycles. The predicted octanol–water partition coefficient (Wildman–Crippen LogP) is 3.76. The highest BCUT2D eigenvalue weighted by molar-refractivity contribution is 7.17. The molecule has 1 aliphatic carbocycles. The smallest absolute Gasteiger partial charge is 0.280 e. The first kappa shape index (κ1) is 19.5. The van der Waals surface area contributed by atoms with E-state index in [0.29, 0.717) is 24.0 Å². The van der Waals surface area contributed by atoms with E-state index in [1.807, 2.05) is 6.07 Å². The second kappa shape index (κ2) is 7.63. The maximum atomic E-state index is 13.2. The van der Waals surface area contributed by atoms with E-state index in [1.54, 1.807) is 35.6 Å². The van der Waals surface area contributed by atoms with Gasteiger partial charge in [0.25, 0.3) is 5.91 Å². The van der Waals surface area contributed by atoms with E-state index in [0.717, 1.165) is 34.7 Å². The van der Waals surface area contributed by atoms with Gasteiger partial charge in [0.2, 0.25) is 0 Å². The summed E-state index contributed by atoms with van der Waals surface area (Å²) < 4.78 is 13.2. The summed E-state index contributed by atoms with van der Waals surface area (Å²) in [6, 6.07) is 7.92. The molecule has 1 aliphatic heterocycles. The highest BCUT2D eigenvalue weighted by Crippen LogP contribution is 2.44. The molecule has 156 valence electrons. The number of likely N-dealkylation sites (tertiary alicyclic amines) is 1. The van der Waals surface area contributed by atoms with Crippen LogP contribution in [-0.4, -0.2) is 39.4 Å². The number of nitrogens with one attached hydrogen (secondary N) is 2. The third-order valence-corrected chi connectivity index (χ3v) is 7.08. The molecule has 2 aliphatic rings. The summed E-state index contributed by atoms with van der Waals surface area (Å²) in [5.74, 6) is -0.187. The second-order valence-electron chi connectivity index (χ2n) is 7.91. The van der Waals surface area contributed by atoms with Crippen molar-refractivity contribution in [2.45, 2.75) is 18.4 Å². The second-order valence-corrected chi connectivity index (χ2v) is 8.94. The van der Waals surface area contributed by atoms with Crippen molar-refractivity contribution in [3.8, 4) is 16.6 Å². The number of halogens is 1. The Morgan fingerprint density at radius 1 is 1.29 bits per heavy atom. The van der Waals surface area contributed by atoms with Gasteiger partial charge >= 0.3 is 0 Å². The average molecular weight is 435 g/mol. The molecule has 1 aromatic carbocycles. The number of anilines is 2. The van der Waals surface area contributed by atoms with Crippen LogP contribution in [0.4, 0.5) is 15.8 Å². The molecule has 2 fully saturated rings. The van der Waals surface area contributed by atoms with Gasteiger partial charge in [0.15, 0.2) is 11.2 Å². The molecular formula is C22H19FN6OS. The van der Waals surface area contributed by atoms with E-state index >= 15 is 0 Å². The molecule has 1 unspecified atom stereocenters. The minimum absolute atomic E-state index is 0.206. The summed E-state index contributed by atoms with van der Waals surface area (Å²) in [7, 11) is 0. The predicted molar refractivity (Wildman–Crippen MR) is 115 cm³/mol. The molecule has 0 bridgehead atoms. The molecule has 2 aromatic heterocycles. The molecule has 1 saturated heterocycles. The van der Waals surface area contributed by atoms with Crippen LogP contribution in [0, 0.1) is 23.2 Å². The highest BCUT2D eigenvalue weighted by atomic mass is 32.1. The van der Waals surface area contributed by atoms with Crippen LogP contribution in [0.3, 0.4) is 0 Å². The van der Waals surface area contributed by atoms with E-state index in [4.69, 9.17) is 0 Å². The number of benzene rings is 1. The SMILES string of the molecule is N#CN1CC2CC[C@]2(NC(=O)c2ncc(-c3ccncc3Nc3ccc(F)cc3)s2)C1. The number of nitrogens with zero attached hydrogens (tertiary/aromatic N) is 4. The molecule has 2 N–H and O–H groups in total. The number of carbonyl (C=O) groups excluding carboxylic acids is 1. The van der Waals surface area contributed by atoms with Crippen molar-refractivity contribution in [3.63, 3.8) is 0 Å². The Hall–Kier alpha value is -3.51. The normalized spacial score (nSPS) is 21.7. The van der Waals surface area contributed by atoms with Crippen molar-refractivity contribution < 1.29 is 9.18 Å². The van der Waals surface area contributed by atoms with Gasteiger partial charge in [-0.3, -0.25) is 9.78 Å². The molecule has 0 spiro atoms. The zero-order valence-electron chi connectivity index (χ0n) is 16.5. The lowest BCUT2D eigenvalue weighted by atomic mass is 9.69. The van der Waals surface area contributed by atoms with Crippen LogP contribution in [0.15, 0.2) is 48.9 Å². The summed E-state index contributed by atoms with van der Waals surface area (Å²) in [5.41, 5.74) is 2.01. The number of carbonyl (C=O) groups is 1. The minimum Gasteiger partial charge on any atom is -0.354 e. The Bertz CT molecular complexity index is 1170. The van der Waals surface area contributed by atoms with Gasteiger partial charge in [-0.15, -0.1) is 11.3 Å². The summed E-state index contributed by atoms with van der Waals surface area (Å²) in [6.45, 7) is 1.27.